The summed E-state index contributed by atoms with van der Waals surface area (Å²) >= 11 is 0. The molecule has 3 saturated heterocycles. The fourth-order valence-electron chi connectivity index (χ4n) is 5.06. The van der Waals surface area contributed by atoms with Gasteiger partial charge in [-0.1, -0.05) is 0 Å². The third-order valence-corrected chi connectivity index (χ3v) is 5.89. The van der Waals surface area contributed by atoms with Crippen LogP contribution in [0.4, 0.5) is 0 Å². The standard InChI is InChI=1S/C18H22N2O3/c21-18(12-1-2-15-16(7-12)23-4-3-22-15)19-17-13-5-11-6-14(17)10-20(8-11)9-13/h1-2,7,11,13-14,17H,3-6,8-10H2,(H,19,21)/t11?,13-,14+,17?. The zero-order valence-electron chi connectivity index (χ0n) is 13.2. The summed E-state index contributed by atoms with van der Waals surface area (Å²) in [6, 6.07) is 5.82. The van der Waals surface area contributed by atoms with Gasteiger partial charge in [-0.15, -0.1) is 0 Å². The lowest BCUT2D eigenvalue weighted by Gasteiger charge is -2.55. The Balaban J connectivity index is 1.33. The number of nitrogens with zero attached hydrogens (tertiary/aromatic N) is 1. The van der Waals surface area contributed by atoms with E-state index in [1.807, 2.05) is 18.2 Å². The van der Waals surface area contributed by atoms with Crippen LogP contribution < -0.4 is 14.8 Å². The van der Waals surface area contributed by atoms with Gasteiger partial charge in [0.1, 0.15) is 13.2 Å². The molecule has 3 unspecified atom stereocenters. The topological polar surface area (TPSA) is 50.8 Å². The van der Waals surface area contributed by atoms with Gasteiger partial charge in [-0.3, -0.25) is 4.79 Å². The summed E-state index contributed by atoms with van der Waals surface area (Å²) in [5.74, 6) is 3.55. The molecule has 122 valence electrons. The summed E-state index contributed by atoms with van der Waals surface area (Å²) in [4.78, 5) is 15.3. The van der Waals surface area contributed by atoms with Gasteiger partial charge in [0.15, 0.2) is 11.5 Å². The molecule has 0 aromatic heterocycles. The second kappa shape index (κ2) is 5.13. The third-order valence-electron chi connectivity index (χ3n) is 5.89. The van der Waals surface area contributed by atoms with Crippen molar-refractivity contribution in [3.8, 4) is 11.5 Å². The molecule has 4 bridgehead atoms. The van der Waals surface area contributed by atoms with E-state index in [-0.39, 0.29) is 5.91 Å². The second-order valence-corrected chi connectivity index (χ2v) is 7.43. The molecule has 4 heterocycles. The first-order chi connectivity index (χ1) is 11.3. The number of hydrogen-bond acceptors (Lipinski definition) is 4. The molecule has 1 amide bonds. The number of amides is 1. The summed E-state index contributed by atoms with van der Waals surface area (Å²) < 4.78 is 11.1. The Labute approximate surface area is 135 Å². The highest BCUT2D eigenvalue weighted by atomic mass is 16.6. The number of rotatable bonds is 2. The molecule has 1 N–H and O–H groups in total. The zero-order chi connectivity index (χ0) is 15.4. The molecule has 0 spiro atoms. The normalized spacial score (nSPS) is 36.8. The Hall–Kier alpha value is -1.75. The molecule has 1 aromatic rings. The summed E-state index contributed by atoms with van der Waals surface area (Å²) in [7, 11) is 0. The van der Waals surface area contributed by atoms with E-state index in [9.17, 15) is 4.79 Å². The average molecular weight is 314 g/mol. The molecule has 1 saturated carbocycles. The molecule has 1 aromatic carbocycles. The Bertz CT molecular complexity index is 617. The lowest BCUT2D eigenvalue weighted by Crippen LogP contribution is -2.64. The highest BCUT2D eigenvalue weighted by Crippen LogP contribution is 2.43. The van der Waals surface area contributed by atoms with Gasteiger partial charge < -0.3 is 19.7 Å². The minimum atomic E-state index is 0.0226. The van der Waals surface area contributed by atoms with Gasteiger partial charge in [0.2, 0.25) is 0 Å². The Morgan fingerprint density at radius 3 is 2.52 bits per heavy atom. The Morgan fingerprint density at radius 1 is 1.04 bits per heavy atom. The van der Waals surface area contributed by atoms with Crippen molar-refractivity contribution >= 4 is 5.91 Å². The first-order valence-corrected chi connectivity index (χ1v) is 8.69. The van der Waals surface area contributed by atoms with Crippen molar-refractivity contribution < 1.29 is 14.3 Å². The van der Waals surface area contributed by atoms with Gasteiger partial charge in [-0.05, 0) is 48.8 Å². The number of fused-ring (bicyclic) bond motifs is 1. The highest BCUT2D eigenvalue weighted by molar-refractivity contribution is 5.95. The van der Waals surface area contributed by atoms with E-state index in [0.29, 0.717) is 42.4 Å². The van der Waals surface area contributed by atoms with Crippen LogP contribution in [0, 0.1) is 17.8 Å². The lowest BCUT2D eigenvalue weighted by molar-refractivity contribution is -0.0418. The average Bonchev–Trinajstić information content (AvgIpc) is 2.57. The van der Waals surface area contributed by atoms with E-state index in [1.165, 1.54) is 19.4 Å². The first kappa shape index (κ1) is 13.7. The van der Waals surface area contributed by atoms with Crippen LogP contribution in [0.1, 0.15) is 23.2 Å². The second-order valence-electron chi connectivity index (χ2n) is 7.43. The van der Waals surface area contributed by atoms with Crippen molar-refractivity contribution in [3.63, 3.8) is 0 Å². The van der Waals surface area contributed by atoms with Crippen LogP contribution in [0.2, 0.25) is 0 Å². The highest BCUT2D eigenvalue weighted by Gasteiger charge is 2.47. The maximum absolute atomic E-state index is 12.7. The minimum absolute atomic E-state index is 0.0226. The SMILES string of the molecule is O=C(NC1[C@@H]2CC3C[C@H]1CN(C3)C2)c1ccc2c(c1)OCCO2. The van der Waals surface area contributed by atoms with E-state index in [0.717, 1.165) is 24.8 Å². The molecule has 4 fully saturated rings. The van der Waals surface area contributed by atoms with E-state index in [2.05, 4.69) is 10.2 Å². The van der Waals surface area contributed by atoms with Crippen molar-refractivity contribution in [1.29, 1.82) is 0 Å². The summed E-state index contributed by atoms with van der Waals surface area (Å²) in [5.41, 5.74) is 0.670. The number of hydrogen-bond donors (Lipinski definition) is 1. The maximum atomic E-state index is 12.7. The van der Waals surface area contributed by atoms with Crippen LogP contribution in [-0.2, 0) is 0 Å². The van der Waals surface area contributed by atoms with E-state index < -0.39 is 0 Å². The summed E-state index contributed by atoms with van der Waals surface area (Å²) in [6.07, 6.45) is 2.55. The third kappa shape index (κ3) is 2.29. The summed E-state index contributed by atoms with van der Waals surface area (Å²) in [5, 5.41) is 3.32. The fraction of sp³-hybridized carbons (Fsp3) is 0.611. The van der Waals surface area contributed by atoms with Crippen molar-refractivity contribution in [2.45, 2.75) is 18.9 Å². The number of carbonyl (C=O) groups is 1. The fourth-order valence-corrected chi connectivity index (χ4v) is 5.06. The maximum Gasteiger partial charge on any atom is 0.251 e. The van der Waals surface area contributed by atoms with Gasteiger partial charge >= 0.3 is 0 Å². The van der Waals surface area contributed by atoms with Gasteiger partial charge in [0, 0.05) is 31.2 Å². The molecule has 5 atom stereocenters. The molecule has 5 heteroatoms. The van der Waals surface area contributed by atoms with Crippen LogP contribution in [-0.4, -0.2) is 49.7 Å². The van der Waals surface area contributed by atoms with E-state index in [4.69, 9.17) is 9.47 Å². The molecular weight excluding hydrogens is 292 g/mol. The van der Waals surface area contributed by atoms with Gasteiger partial charge in [-0.2, -0.15) is 0 Å². The van der Waals surface area contributed by atoms with Crippen molar-refractivity contribution in [3.05, 3.63) is 23.8 Å². The molecule has 5 aliphatic rings. The number of benzene rings is 1. The Morgan fingerprint density at radius 2 is 1.78 bits per heavy atom. The lowest BCUT2D eigenvalue weighted by atomic mass is 9.65. The molecule has 0 radical (unpaired) electrons. The van der Waals surface area contributed by atoms with E-state index in [1.54, 1.807) is 0 Å². The van der Waals surface area contributed by atoms with Gasteiger partial charge in [0.25, 0.3) is 5.91 Å². The monoisotopic (exact) mass is 314 g/mol. The first-order valence-electron chi connectivity index (χ1n) is 8.69. The zero-order valence-corrected chi connectivity index (χ0v) is 13.2. The van der Waals surface area contributed by atoms with Crippen LogP contribution in [0.3, 0.4) is 0 Å². The number of nitrogens with one attached hydrogen (secondary N) is 1. The number of carbonyl (C=O) groups excluding carboxylic acids is 1. The van der Waals surface area contributed by atoms with Crippen molar-refractivity contribution in [2.24, 2.45) is 17.8 Å². The van der Waals surface area contributed by atoms with Gasteiger partial charge in [0.05, 0.1) is 0 Å². The molecule has 5 nitrogen and oxygen atoms in total. The summed E-state index contributed by atoms with van der Waals surface area (Å²) in [6.45, 7) is 4.69. The number of piperidine rings is 3. The minimum Gasteiger partial charge on any atom is -0.486 e. The van der Waals surface area contributed by atoms with Crippen LogP contribution >= 0.6 is 0 Å². The largest absolute Gasteiger partial charge is 0.486 e. The van der Waals surface area contributed by atoms with E-state index >= 15 is 0 Å². The molecule has 4 aliphatic heterocycles. The van der Waals surface area contributed by atoms with Crippen molar-refractivity contribution in [2.75, 3.05) is 32.8 Å². The number of ether oxygens (including phenoxy) is 2. The molecular formula is C18H22N2O3. The van der Waals surface area contributed by atoms with Crippen LogP contribution in [0.5, 0.6) is 11.5 Å². The molecule has 6 rings (SSSR count). The molecule has 23 heavy (non-hydrogen) atoms. The quantitative estimate of drug-likeness (QED) is 0.899. The predicted octanol–water partition coefficient (Wildman–Crippen LogP) is 1.53. The smallest absolute Gasteiger partial charge is 0.251 e. The predicted molar refractivity (Wildman–Crippen MR) is 84.8 cm³/mol. The van der Waals surface area contributed by atoms with Crippen LogP contribution in [0.15, 0.2) is 18.2 Å². The van der Waals surface area contributed by atoms with Crippen LogP contribution in [0.25, 0.3) is 0 Å². The van der Waals surface area contributed by atoms with Crippen molar-refractivity contribution in [1.82, 2.24) is 10.2 Å². The van der Waals surface area contributed by atoms with Gasteiger partial charge in [-0.25, -0.2) is 0 Å². The Kier molecular flexibility index (Phi) is 3.05. The molecule has 1 aliphatic carbocycles.